The van der Waals surface area contributed by atoms with Crippen molar-refractivity contribution in [2.75, 3.05) is 0 Å². The molecule has 2 aromatic carbocycles. The van der Waals surface area contributed by atoms with E-state index in [1.807, 2.05) is 18.2 Å². The summed E-state index contributed by atoms with van der Waals surface area (Å²) in [6, 6.07) is 10.1. The van der Waals surface area contributed by atoms with Crippen molar-refractivity contribution in [3.8, 4) is 11.8 Å². The van der Waals surface area contributed by atoms with Crippen LogP contribution in [-0.2, 0) is 11.9 Å². The van der Waals surface area contributed by atoms with Crippen LogP contribution in [0.3, 0.4) is 0 Å². The molecule has 0 atom stereocenters. The van der Waals surface area contributed by atoms with E-state index in [2.05, 4.69) is 47.8 Å². The quantitative estimate of drug-likeness (QED) is 0.529. The normalized spacial score (nSPS) is 10.2. The smallest absolute Gasteiger partial charge is 0.148 e. The number of halogens is 4. The number of nitriles is 1. The number of rotatable bonds is 4. The van der Waals surface area contributed by atoms with E-state index in [9.17, 15) is 4.39 Å². The molecular formula is C15H9Br3FNO. The first-order valence-electron chi connectivity index (χ1n) is 5.90. The molecule has 0 fully saturated rings. The molecule has 0 amide bonds. The molecule has 21 heavy (non-hydrogen) atoms. The Balaban J connectivity index is 2.19. The van der Waals surface area contributed by atoms with Crippen molar-refractivity contribution in [1.29, 1.82) is 5.26 Å². The Morgan fingerprint density at radius 2 is 1.76 bits per heavy atom. The average Bonchev–Trinajstić information content (AvgIpc) is 2.47. The highest BCUT2D eigenvalue weighted by Crippen LogP contribution is 2.35. The summed E-state index contributed by atoms with van der Waals surface area (Å²) in [7, 11) is 0. The van der Waals surface area contributed by atoms with Crippen molar-refractivity contribution >= 4 is 47.8 Å². The highest BCUT2D eigenvalue weighted by atomic mass is 79.9. The molecule has 108 valence electrons. The summed E-state index contributed by atoms with van der Waals surface area (Å²) in [5, 5.41) is 9.57. The highest BCUT2D eigenvalue weighted by Gasteiger charge is 2.10. The van der Waals surface area contributed by atoms with Crippen LogP contribution in [0.4, 0.5) is 4.39 Å². The zero-order chi connectivity index (χ0) is 15.4. The fraction of sp³-hybridized carbons (Fsp3) is 0.133. The minimum absolute atomic E-state index is 0.0175. The highest BCUT2D eigenvalue weighted by molar-refractivity contribution is 9.11. The molecule has 0 aliphatic heterocycles. The van der Waals surface area contributed by atoms with Gasteiger partial charge in [0.15, 0.2) is 0 Å². The van der Waals surface area contributed by atoms with Gasteiger partial charge in [0.25, 0.3) is 0 Å². The van der Waals surface area contributed by atoms with E-state index in [1.54, 1.807) is 6.07 Å². The van der Waals surface area contributed by atoms with Crippen LogP contribution in [0.1, 0.15) is 16.7 Å². The molecule has 0 heterocycles. The van der Waals surface area contributed by atoms with E-state index in [-0.39, 0.29) is 12.2 Å². The van der Waals surface area contributed by atoms with Crippen LogP contribution in [0.5, 0.6) is 5.75 Å². The van der Waals surface area contributed by atoms with Gasteiger partial charge in [-0.1, -0.05) is 22.0 Å². The minimum atomic E-state index is -0.523. The summed E-state index contributed by atoms with van der Waals surface area (Å²) in [6.45, 7) is 0.250. The van der Waals surface area contributed by atoms with Gasteiger partial charge in [0.05, 0.1) is 14.5 Å². The average molecular weight is 478 g/mol. The van der Waals surface area contributed by atoms with Crippen LogP contribution in [0.15, 0.2) is 39.3 Å². The second-order valence-electron chi connectivity index (χ2n) is 4.24. The maximum absolute atomic E-state index is 13.3. The SMILES string of the molecule is N#Cc1cc(COc2c(Br)cc(CBr)cc2Br)ccc1F. The van der Waals surface area contributed by atoms with Crippen LogP contribution in [0.2, 0.25) is 0 Å². The zero-order valence-electron chi connectivity index (χ0n) is 10.7. The molecule has 0 unspecified atom stereocenters. The lowest BCUT2D eigenvalue weighted by atomic mass is 10.1. The lowest BCUT2D eigenvalue weighted by Gasteiger charge is -2.12. The van der Waals surface area contributed by atoms with Gasteiger partial charge in [-0.05, 0) is 67.3 Å². The van der Waals surface area contributed by atoms with Crippen molar-refractivity contribution in [2.45, 2.75) is 11.9 Å². The Bertz CT molecular complexity index is 690. The Morgan fingerprint density at radius 3 is 2.33 bits per heavy atom. The largest absolute Gasteiger partial charge is 0.487 e. The number of hydrogen-bond donors (Lipinski definition) is 0. The standard InChI is InChI=1S/C15H9Br3FNO/c16-6-10-4-12(17)15(13(18)5-10)21-8-9-1-2-14(19)11(3-9)7-20/h1-5H,6,8H2. The molecule has 6 heteroatoms. The molecule has 2 aromatic rings. The Labute approximate surface area is 147 Å². The number of ether oxygens (including phenoxy) is 1. The van der Waals surface area contributed by atoms with Gasteiger partial charge in [0.1, 0.15) is 24.2 Å². The van der Waals surface area contributed by atoms with Gasteiger partial charge in [-0.3, -0.25) is 0 Å². The number of nitrogens with zero attached hydrogens (tertiary/aromatic N) is 1. The maximum Gasteiger partial charge on any atom is 0.148 e. The molecule has 0 saturated carbocycles. The van der Waals surface area contributed by atoms with E-state index in [0.29, 0.717) is 5.75 Å². The lowest BCUT2D eigenvalue weighted by Crippen LogP contribution is -1.99. The topological polar surface area (TPSA) is 33.0 Å². The molecule has 0 aliphatic rings. The third kappa shape index (κ3) is 4.06. The summed E-state index contributed by atoms with van der Waals surface area (Å²) in [5.74, 6) is 0.146. The second kappa shape index (κ2) is 7.39. The third-order valence-electron chi connectivity index (χ3n) is 2.75. The molecule has 0 N–H and O–H groups in total. The predicted molar refractivity (Wildman–Crippen MR) is 89.9 cm³/mol. The van der Waals surface area contributed by atoms with Crippen LogP contribution >= 0.6 is 47.8 Å². The van der Waals surface area contributed by atoms with Gasteiger partial charge in [-0.25, -0.2) is 4.39 Å². The van der Waals surface area contributed by atoms with Crippen molar-refractivity contribution in [1.82, 2.24) is 0 Å². The van der Waals surface area contributed by atoms with Crippen LogP contribution in [0, 0.1) is 17.1 Å². The second-order valence-corrected chi connectivity index (χ2v) is 6.51. The van der Waals surface area contributed by atoms with Crippen molar-refractivity contribution in [3.63, 3.8) is 0 Å². The molecule has 0 spiro atoms. The molecule has 2 rings (SSSR count). The van der Waals surface area contributed by atoms with E-state index in [0.717, 1.165) is 25.4 Å². The van der Waals surface area contributed by atoms with Crippen molar-refractivity contribution < 1.29 is 9.13 Å². The van der Waals surface area contributed by atoms with Gasteiger partial charge < -0.3 is 4.74 Å². The van der Waals surface area contributed by atoms with E-state index in [1.165, 1.54) is 12.1 Å². The fourth-order valence-corrected chi connectivity index (χ4v) is 3.56. The number of alkyl halides is 1. The maximum atomic E-state index is 13.3. The zero-order valence-corrected chi connectivity index (χ0v) is 15.4. The first-order chi connectivity index (χ1) is 10.0. The van der Waals surface area contributed by atoms with Gasteiger partial charge in [0.2, 0.25) is 0 Å². The van der Waals surface area contributed by atoms with Gasteiger partial charge in [0, 0.05) is 5.33 Å². The van der Waals surface area contributed by atoms with E-state index < -0.39 is 5.82 Å². The molecule has 0 bridgehead atoms. The summed E-state index contributed by atoms with van der Waals surface area (Å²) in [5.41, 5.74) is 1.86. The van der Waals surface area contributed by atoms with Gasteiger partial charge in [-0.15, -0.1) is 0 Å². The Morgan fingerprint density at radius 1 is 1.10 bits per heavy atom. The third-order valence-corrected chi connectivity index (χ3v) is 4.57. The monoisotopic (exact) mass is 475 g/mol. The predicted octanol–water partition coefficient (Wildman–Crippen LogP) is 5.70. The van der Waals surface area contributed by atoms with Crippen molar-refractivity contribution in [2.24, 2.45) is 0 Å². The van der Waals surface area contributed by atoms with Gasteiger partial charge in [-0.2, -0.15) is 5.26 Å². The summed E-state index contributed by atoms with van der Waals surface area (Å²) >= 11 is 10.3. The number of benzene rings is 2. The van der Waals surface area contributed by atoms with Gasteiger partial charge >= 0.3 is 0 Å². The first-order valence-corrected chi connectivity index (χ1v) is 8.61. The van der Waals surface area contributed by atoms with Crippen LogP contribution in [0.25, 0.3) is 0 Å². The molecule has 0 saturated heterocycles. The van der Waals surface area contributed by atoms with Crippen LogP contribution in [-0.4, -0.2) is 0 Å². The fourth-order valence-electron chi connectivity index (χ4n) is 1.73. The Hall–Kier alpha value is -0.900. The lowest BCUT2D eigenvalue weighted by molar-refractivity contribution is 0.302. The Kier molecular flexibility index (Phi) is 5.80. The van der Waals surface area contributed by atoms with Crippen LogP contribution < -0.4 is 4.74 Å². The summed E-state index contributed by atoms with van der Waals surface area (Å²) in [6.07, 6.45) is 0. The van der Waals surface area contributed by atoms with Crippen molar-refractivity contribution in [3.05, 3.63) is 61.8 Å². The first kappa shape index (κ1) is 16.5. The minimum Gasteiger partial charge on any atom is -0.487 e. The van der Waals surface area contributed by atoms with E-state index in [4.69, 9.17) is 10.00 Å². The summed E-state index contributed by atoms with van der Waals surface area (Å²) in [4.78, 5) is 0. The molecule has 2 nitrogen and oxygen atoms in total. The molecule has 0 aromatic heterocycles. The molecule has 0 aliphatic carbocycles. The molecule has 0 radical (unpaired) electrons. The molecular weight excluding hydrogens is 469 g/mol. The van der Waals surface area contributed by atoms with E-state index >= 15 is 0 Å². The summed E-state index contributed by atoms with van der Waals surface area (Å²) < 4.78 is 20.7. The number of hydrogen-bond acceptors (Lipinski definition) is 2.